The molecule has 0 bridgehead atoms. The first-order chi connectivity index (χ1) is 17.7. The molecule has 3 heterocycles. The van der Waals surface area contributed by atoms with Gasteiger partial charge in [0, 0.05) is 49.5 Å². The molecule has 1 N–H and O–H groups in total. The van der Waals surface area contributed by atoms with E-state index in [1.54, 1.807) is 41.8 Å². The van der Waals surface area contributed by atoms with Gasteiger partial charge >= 0.3 is 0 Å². The number of thiazole rings is 1. The topological polar surface area (TPSA) is 85.8 Å². The van der Waals surface area contributed by atoms with E-state index in [2.05, 4.69) is 19.5 Å². The van der Waals surface area contributed by atoms with Gasteiger partial charge in [-0.05, 0) is 74.7 Å². The quantitative estimate of drug-likeness (QED) is 0.508. The number of hydrogen-bond donors (Lipinski definition) is 1. The molecule has 2 aliphatic rings. The first-order valence-electron chi connectivity index (χ1n) is 12.3. The van der Waals surface area contributed by atoms with Gasteiger partial charge in [-0.3, -0.25) is 9.52 Å². The van der Waals surface area contributed by atoms with Crippen molar-refractivity contribution in [2.45, 2.75) is 37.6 Å². The molecule has 1 saturated heterocycles. The highest BCUT2D eigenvalue weighted by atomic mass is 32.2. The number of nitrogens with zero attached hydrogens (tertiary/aromatic N) is 4. The second kappa shape index (κ2) is 10.3. The molecule has 0 saturated carbocycles. The maximum absolute atomic E-state index is 13.7. The van der Waals surface area contributed by atoms with Crippen molar-refractivity contribution in [1.29, 1.82) is 0 Å². The molecule has 196 valence electrons. The van der Waals surface area contributed by atoms with Crippen molar-refractivity contribution in [3.05, 3.63) is 64.9 Å². The number of amides is 1. The molecule has 11 heteroatoms. The number of nitrogens with one attached hydrogen (secondary N) is 1. The predicted molar refractivity (Wildman–Crippen MR) is 144 cm³/mol. The molecule has 3 aromatic rings. The fraction of sp³-hybridized carbons (Fsp3) is 0.385. The van der Waals surface area contributed by atoms with Crippen LogP contribution in [0.15, 0.2) is 52.7 Å². The van der Waals surface area contributed by atoms with Gasteiger partial charge in [-0.25, -0.2) is 17.8 Å². The van der Waals surface area contributed by atoms with Crippen LogP contribution in [0.4, 0.5) is 20.9 Å². The summed E-state index contributed by atoms with van der Waals surface area (Å²) in [7, 11) is -3.71. The summed E-state index contributed by atoms with van der Waals surface area (Å²) in [6.45, 7) is 6.99. The van der Waals surface area contributed by atoms with Gasteiger partial charge in [0.05, 0.1) is 10.6 Å². The van der Waals surface area contributed by atoms with Crippen LogP contribution in [-0.4, -0.2) is 63.0 Å². The number of fused-ring (bicyclic) bond motifs is 1. The van der Waals surface area contributed by atoms with Crippen molar-refractivity contribution in [3.63, 3.8) is 0 Å². The van der Waals surface area contributed by atoms with Gasteiger partial charge < -0.3 is 14.7 Å². The molecule has 5 rings (SSSR count). The molecule has 0 spiro atoms. The first kappa shape index (κ1) is 25.5. The largest absolute Gasteiger partial charge is 0.368 e. The Hall–Kier alpha value is -3.18. The number of aromatic nitrogens is 1. The van der Waals surface area contributed by atoms with E-state index in [4.69, 9.17) is 0 Å². The van der Waals surface area contributed by atoms with E-state index >= 15 is 0 Å². The minimum absolute atomic E-state index is 0.0711. The van der Waals surface area contributed by atoms with Crippen LogP contribution in [-0.2, 0) is 21.2 Å². The van der Waals surface area contributed by atoms with E-state index in [1.807, 2.05) is 18.7 Å². The number of aryl methyl sites for hydroxylation is 2. The van der Waals surface area contributed by atoms with Crippen LogP contribution in [0.5, 0.6) is 0 Å². The van der Waals surface area contributed by atoms with Crippen molar-refractivity contribution in [2.24, 2.45) is 0 Å². The van der Waals surface area contributed by atoms with Crippen LogP contribution in [0, 0.1) is 12.7 Å². The number of carbonyl (C=O) groups is 1. The number of anilines is 3. The Kier molecular flexibility index (Phi) is 7.09. The second-order valence-electron chi connectivity index (χ2n) is 9.45. The maximum atomic E-state index is 13.7. The van der Waals surface area contributed by atoms with Gasteiger partial charge in [0.15, 0.2) is 5.13 Å². The molecule has 8 nitrogen and oxygen atoms in total. The monoisotopic (exact) mass is 543 g/mol. The third kappa shape index (κ3) is 5.42. The number of rotatable bonds is 6. The Balaban J connectivity index is 1.19. The summed E-state index contributed by atoms with van der Waals surface area (Å²) in [6.07, 6.45) is 1.72. The van der Waals surface area contributed by atoms with Gasteiger partial charge in [-0.2, -0.15) is 0 Å². The average molecular weight is 544 g/mol. The van der Waals surface area contributed by atoms with Gasteiger partial charge in [-0.1, -0.05) is 0 Å². The Morgan fingerprint density at radius 2 is 1.81 bits per heavy atom. The number of carbonyl (C=O) groups excluding carboxylic acids is 1. The van der Waals surface area contributed by atoms with E-state index < -0.39 is 10.0 Å². The predicted octanol–water partition coefficient (Wildman–Crippen LogP) is 3.88. The van der Waals surface area contributed by atoms with Crippen LogP contribution >= 0.6 is 11.3 Å². The summed E-state index contributed by atoms with van der Waals surface area (Å²) in [6, 6.07) is 11.3. The van der Waals surface area contributed by atoms with Crippen molar-refractivity contribution < 1.29 is 17.6 Å². The molecule has 1 atom stereocenters. The van der Waals surface area contributed by atoms with Crippen molar-refractivity contribution in [3.8, 4) is 0 Å². The van der Waals surface area contributed by atoms with Crippen LogP contribution in [0.3, 0.4) is 0 Å². The van der Waals surface area contributed by atoms with E-state index in [0.29, 0.717) is 31.3 Å². The Morgan fingerprint density at radius 3 is 2.49 bits per heavy atom. The molecular formula is C26H30FN5O3S2. The number of halogens is 1. The fourth-order valence-corrected chi connectivity index (χ4v) is 6.93. The molecule has 1 amide bonds. The normalized spacial score (nSPS) is 16.9. The van der Waals surface area contributed by atoms with Crippen LogP contribution < -0.4 is 14.5 Å². The summed E-state index contributed by atoms with van der Waals surface area (Å²) >= 11 is 1.25. The molecule has 0 aliphatic carbocycles. The third-order valence-electron chi connectivity index (χ3n) is 6.97. The molecule has 2 aromatic carbocycles. The summed E-state index contributed by atoms with van der Waals surface area (Å²) < 4.78 is 41.6. The minimum atomic E-state index is -3.71. The maximum Gasteiger partial charge on any atom is 0.263 e. The average Bonchev–Trinajstić information content (AvgIpc) is 3.31. The highest BCUT2D eigenvalue weighted by Gasteiger charge is 2.31. The molecule has 37 heavy (non-hydrogen) atoms. The highest BCUT2D eigenvalue weighted by molar-refractivity contribution is 7.93. The molecule has 0 radical (unpaired) electrons. The number of benzene rings is 2. The van der Waals surface area contributed by atoms with Crippen LogP contribution in [0.25, 0.3) is 0 Å². The van der Waals surface area contributed by atoms with E-state index in [0.717, 1.165) is 42.0 Å². The zero-order chi connectivity index (χ0) is 26.2. The summed E-state index contributed by atoms with van der Waals surface area (Å²) in [5.74, 6) is -0.172. The van der Waals surface area contributed by atoms with Gasteiger partial charge in [0.1, 0.15) is 11.9 Å². The zero-order valence-electron chi connectivity index (χ0n) is 20.9. The second-order valence-corrected chi connectivity index (χ2v) is 12.0. The standard InChI is InChI=1S/C26H30FN5O3S2/c1-18-17-36-26(28-18)29-37(34,35)23-8-6-22(7-9-23)30-12-14-31(15-13-30)25(33)19(2)32-11-3-4-20-16-21(27)5-10-24(20)32/h5-10,16-17,19H,3-4,11-15H2,1-2H3,(H,28,29)/t19-/m0/s1. The van der Waals surface area contributed by atoms with Crippen LogP contribution in [0.1, 0.15) is 24.6 Å². The lowest BCUT2D eigenvalue weighted by atomic mass is 9.99. The Morgan fingerprint density at radius 1 is 1.08 bits per heavy atom. The summed E-state index contributed by atoms with van der Waals surface area (Å²) in [5, 5.41) is 2.13. The lowest BCUT2D eigenvalue weighted by Crippen LogP contribution is -2.55. The van der Waals surface area contributed by atoms with E-state index in [1.165, 1.54) is 17.4 Å². The lowest BCUT2D eigenvalue weighted by Gasteiger charge is -2.41. The van der Waals surface area contributed by atoms with Gasteiger partial charge in [-0.15, -0.1) is 11.3 Å². The van der Waals surface area contributed by atoms with E-state index in [9.17, 15) is 17.6 Å². The Bertz CT molecular complexity index is 1390. The molecule has 0 unspecified atom stereocenters. The number of sulfonamides is 1. The zero-order valence-corrected chi connectivity index (χ0v) is 22.5. The fourth-order valence-electron chi connectivity index (χ4n) is 4.99. The number of hydrogen-bond acceptors (Lipinski definition) is 7. The highest BCUT2D eigenvalue weighted by Crippen LogP contribution is 2.30. The van der Waals surface area contributed by atoms with Crippen molar-refractivity contribution in [2.75, 3.05) is 47.2 Å². The van der Waals surface area contributed by atoms with Gasteiger partial charge in [0.25, 0.3) is 10.0 Å². The molecule has 1 aromatic heterocycles. The summed E-state index contributed by atoms with van der Waals surface area (Å²) in [4.78, 5) is 23.8. The van der Waals surface area contributed by atoms with Crippen molar-refractivity contribution in [1.82, 2.24) is 9.88 Å². The SMILES string of the molecule is Cc1csc(NS(=O)(=O)c2ccc(N3CCN(C(=O)[C@H](C)N4CCCc5cc(F)ccc54)CC3)cc2)n1. The third-order valence-corrected chi connectivity index (χ3v) is 9.32. The molecular weight excluding hydrogens is 513 g/mol. The first-order valence-corrected chi connectivity index (χ1v) is 14.7. The Labute approximate surface area is 220 Å². The lowest BCUT2D eigenvalue weighted by molar-refractivity contribution is -0.132. The molecule has 1 fully saturated rings. The van der Waals surface area contributed by atoms with E-state index in [-0.39, 0.29) is 22.7 Å². The summed E-state index contributed by atoms with van der Waals surface area (Å²) in [5.41, 5.74) is 3.58. The number of piperazine rings is 1. The van der Waals surface area contributed by atoms with Crippen LogP contribution in [0.2, 0.25) is 0 Å². The van der Waals surface area contributed by atoms with Crippen molar-refractivity contribution >= 4 is 43.8 Å². The smallest absolute Gasteiger partial charge is 0.263 e. The molecule has 2 aliphatic heterocycles. The van der Waals surface area contributed by atoms with Gasteiger partial charge in [0.2, 0.25) is 5.91 Å². The minimum Gasteiger partial charge on any atom is -0.368 e.